The van der Waals surface area contributed by atoms with Crippen LogP contribution in [0.15, 0.2) is 60.7 Å². The molecule has 3 aromatic carbocycles. The summed E-state index contributed by atoms with van der Waals surface area (Å²) in [6, 6.07) is 19.7. The maximum atomic E-state index is 12.4. The topological polar surface area (TPSA) is 56.3 Å². The normalized spacial score (nSPS) is 12.2. The van der Waals surface area contributed by atoms with Crippen LogP contribution < -0.4 is 0 Å². The highest BCUT2D eigenvalue weighted by molar-refractivity contribution is 7.21. The first kappa shape index (κ1) is 17.4. The highest BCUT2D eigenvalue weighted by atomic mass is 32.1. The van der Waals surface area contributed by atoms with Crippen LogP contribution in [0.4, 0.5) is 0 Å². The second kappa shape index (κ2) is 6.93. The van der Waals surface area contributed by atoms with Crippen molar-refractivity contribution in [3.8, 4) is 10.6 Å². The summed E-state index contributed by atoms with van der Waals surface area (Å²) in [6.07, 6.45) is 0. The van der Waals surface area contributed by atoms with Crippen LogP contribution in [0.25, 0.3) is 31.6 Å². The lowest BCUT2D eigenvalue weighted by molar-refractivity contribution is -0.145. The first-order valence-corrected chi connectivity index (χ1v) is 9.37. The van der Waals surface area contributed by atoms with Crippen LogP contribution in [0.2, 0.25) is 0 Å². The summed E-state index contributed by atoms with van der Waals surface area (Å²) in [5.41, 5.74) is 2.32. The van der Waals surface area contributed by atoms with Crippen molar-refractivity contribution in [1.29, 1.82) is 0 Å². The van der Waals surface area contributed by atoms with Crippen molar-refractivity contribution < 1.29 is 14.3 Å². The minimum absolute atomic E-state index is 0.250. The molecule has 1 atom stereocenters. The van der Waals surface area contributed by atoms with Crippen molar-refractivity contribution in [2.75, 3.05) is 7.11 Å². The van der Waals surface area contributed by atoms with Gasteiger partial charge in [-0.25, -0.2) is 4.98 Å². The van der Waals surface area contributed by atoms with Crippen molar-refractivity contribution in [3.05, 3.63) is 66.2 Å². The number of ether oxygens (including phenoxy) is 1. The van der Waals surface area contributed by atoms with E-state index in [1.165, 1.54) is 14.0 Å². The molecule has 0 fully saturated rings. The van der Waals surface area contributed by atoms with E-state index in [-0.39, 0.29) is 5.78 Å². The molecular formula is C22H17NO3S. The molecule has 4 aromatic rings. The molecular weight excluding hydrogens is 358 g/mol. The summed E-state index contributed by atoms with van der Waals surface area (Å²) in [5.74, 6) is -1.78. The molecule has 0 saturated carbocycles. The monoisotopic (exact) mass is 375 g/mol. The largest absolute Gasteiger partial charge is 0.468 e. The van der Waals surface area contributed by atoms with Gasteiger partial charge < -0.3 is 4.74 Å². The number of nitrogens with zero attached hydrogens (tertiary/aromatic N) is 1. The van der Waals surface area contributed by atoms with E-state index >= 15 is 0 Å². The van der Waals surface area contributed by atoms with E-state index in [9.17, 15) is 9.59 Å². The lowest BCUT2D eigenvalue weighted by Crippen LogP contribution is -2.21. The van der Waals surface area contributed by atoms with Gasteiger partial charge in [0.25, 0.3) is 0 Å². The zero-order chi connectivity index (χ0) is 19.0. The van der Waals surface area contributed by atoms with Crippen molar-refractivity contribution in [1.82, 2.24) is 4.98 Å². The van der Waals surface area contributed by atoms with E-state index in [0.29, 0.717) is 5.56 Å². The Hall–Kier alpha value is -3.05. The fraction of sp³-hybridized carbons (Fsp3) is 0.136. The van der Waals surface area contributed by atoms with Gasteiger partial charge >= 0.3 is 5.97 Å². The Labute approximate surface area is 160 Å². The summed E-state index contributed by atoms with van der Waals surface area (Å²) >= 11 is 1.55. The zero-order valence-electron chi connectivity index (χ0n) is 14.9. The minimum Gasteiger partial charge on any atom is -0.468 e. The first-order chi connectivity index (χ1) is 13.1. The van der Waals surface area contributed by atoms with Crippen LogP contribution in [0.1, 0.15) is 18.4 Å². The summed E-state index contributed by atoms with van der Waals surface area (Å²) in [4.78, 5) is 29.4. The molecule has 134 valence electrons. The third-order valence-electron chi connectivity index (χ3n) is 4.60. The summed E-state index contributed by atoms with van der Waals surface area (Å²) < 4.78 is 5.97. The Kier molecular flexibility index (Phi) is 4.46. The van der Waals surface area contributed by atoms with Crippen LogP contribution in [0.5, 0.6) is 0 Å². The molecule has 0 spiro atoms. The molecule has 0 aliphatic rings. The molecule has 0 N–H and O–H groups in total. The van der Waals surface area contributed by atoms with E-state index in [1.807, 2.05) is 60.7 Å². The molecule has 1 unspecified atom stereocenters. The van der Waals surface area contributed by atoms with Crippen LogP contribution in [-0.4, -0.2) is 23.8 Å². The van der Waals surface area contributed by atoms with E-state index in [4.69, 9.17) is 9.72 Å². The molecule has 0 aliphatic heterocycles. The van der Waals surface area contributed by atoms with Crippen LogP contribution >= 0.6 is 11.3 Å². The SMILES string of the molecule is COC(=O)C(C(C)=O)c1cc2ccccc2cc1-c1nc2ccccc2s1. The van der Waals surface area contributed by atoms with Crippen molar-refractivity contribution in [3.63, 3.8) is 0 Å². The fourth-order valence-electron chi connectivity index (χ4n) is 3.30. The highest BCUT2D eigenvalue weighted by Crippen LogP contribution is 2.38. The number of aromatic nitrogens is 1. The third-order valence-corrected chi connectivity index (χ3v) is 5.67. The molecule has 0 amide bonds. The number of hydrogen-bond acceptors (Lipinski definition) is 5. The van der Waals surface area contributed by atoms with Gasteiger partial charge in [-0.15, -0.1) is 11.3 Å². The number of methoxy groups -OCH3 is 1. The predicted molar refractivity (Wildman–Crippen MR) is 108 cm³/mol. The van der Waals surface area contributed by atoms with E-state index in [0.717, 1.165) is 31.6 Å². The standard InChI is InChI=1S/C22H17NO3S/c1-13(24)20(22(25)26-2)16-11-14-7-3-4-8-15(14)12-17(16)21-23-18-9-5-6-10-19(18)27-21/h3-12,20H,1-2H3. The molecule has 5 heteroatoms. The van der Waals surface area contributed by atoms with E-state index in [2.05, 4.69) is 0 Å². The Bertz CT molecular complexity index is 1150. The van der Waals surface area contributed by atoms with Gasteiger partial charge in [0, 0.05) is 5.56 Å². The molecule has 0 radical (unpaired) electrons. The number of para-hydroxylation sites is 1. The van der Waals surface area contributed by atoms with Gasteiger partial charge in [0.15, 0.2) is 0 Å². The lowest BCUT2D eigenvalue weighted by atomic mass is 9.89. The number of fused-ring (bicyclic) bond motifs is 2. The molecule has 27 heavy (non-hydrogen) atoms. The number of benzene rings is 3. The number of thiazole rings is 1. The number of carbonyl (C=O) groups excluding carboxylic acids is 2. The highest BCUT2D eigenvalue weighted by Gasteiger charge is 2.30. The smallest absolute Gasteiger partial charge is 0.320 e. The maximum absolute atomic E-state index is 12.4. The van der Waals surface area contributed by atoms with E-state index in [1.54, 1.807) is 11.3 Å². The lowest BCUT2D eigenvalue weighted by Gasteiger charge is -2.16. The average molecular weight is 375 g/mol. The van der Waals surface area contributed by atoms with Crippen LogP contribution in [-0.2, 0) is 14.3 Å². The van der Waals surface area contributed by atoms with Gasteiger partial charge in [0.1, 0.15) is 16.7 Å². The summed E-state index contributed by atoms with van der Waals surface area (Å²) in [5, 5.41) is 2.78. The molecule has 1 aromatic heterocycles. The Morgan fingerprint density at radius 2 is 1.67 bits per heavy atom. The minimum atomic E-state index is -0.971. The van der Waals surface area contributed by atoms with Crippen molar-refractivity contribution in [2.24, 2.45) is 0 Å². The number of hydrogen-bond donors (Lipinski definition) is 0. The Morgan fingerprint density at radius 3 is 2.33 bits per heavy atom. The van der Waals surface area contributed by atoms with Gasteiger partial charge in [0.05, 0.1) is 17.3 Å². The summed E-state index contributed by atoms with van der Waals surface area (Å²) in [7, 11) is 1.30. The second-order valence-corrected chi connectivity index (χ2v) is 7.37. The van der Waals surface area contributed by atoms with Gasteiger partial charge in [0.2, 0.25) is 0 Å². The van der Waals surface area contributed by atoms with Crippen LogP contribution in [0, 0.1) is 0 Å². The molecule has 0 bridgehead atoms. The number of Topliss-reactive ketones (excluding diaryl/α,β-unsaturated/α-hetero) is 1. The molecule has 4 rings (SSSR count). The number of carbonyl (C=O) groups is 2. The summed E-state index contributed by atoms with van der Waals surface area (Å²) in [6.45, 7) is 1.42. The van der Waals surface area contributed by atoms with Gasteiger partial charge in [-0.05, 0) is 47.5 Å². The van der Waals surface area contributed by atoms with Crippen LogP contribution in [0.3, 0.4) is 0 Å². The first-order valence-electron chi connectivity index (χ1n) is 8.55. The Morgan fingerprint density at radius 1 is 1.00 bits per heavy atom. The molecule has 0 saturated heterocycles. The van der Waals surface area contributed by atoms with E-state index < -0.39 is 11.9 Å². The third kappa shape index (κ3) is 3.11. The van der Waals surface area contributed by atoms with Gasteiger partial charge in [-0.1, -0.05) is 36.4 Å². The second-order valence-electron chi connectivity index (χ2n) is 6.34. The number of rotatable bonds is 4. The molecule has 0 aliphatic carbocycles. The average Bonchev–Trinajstić information content (AvgIpc) is 3.11. The number of esters is 1. The maximum Gasteiger partial charge on any atom is 0.320 e. The van der Waals surface area contributed by atoms with Crippen molar-refractivity contribution in [2.45, 2.75) is 12.8 Å². The predicted octanol–water partition coefficient (Wildman–Crippen LogP) is 4.96. The number of ketones is 1. The molecule has 4 nitrogen and oxygen atoms in total. The quantitative estimate of drug-likeness (QED) is 0.374. The fourth-order valence-corrected chi connectivity index (χ4v) is 4.30. The van der Waals surface area contributed by atoms with Gasteiger partial charge in [-0.2, -0.15) is 0 Å². The zero-order valence-corrected chi connectivity index (χ0v) is 15.7. The van der Waals surface area contributed by atoms with Crippen molar-refractivity contribution >= 4 is 44.1 Å². The molecule has 1 heterocycles. The van der Waals surface area contributed by atoms with Gasteiger partial charge in [-0.3, -0.25) is 9.59 Å². The Balaban J connectivity index is 2.02.